The highest BCUT2D eigenvalue weighted by molar-refractivity contribution is 5.87. The molecule has 46 heavy (non-hydrogen) atoms. The predicted octanol–water partition coefficient (Wildman–Crippen LogP) is 5.57. The first-order chi connectivity index (χ1) is 21.9. The van der Waals surface area contributed by atoms with Crippen molar-refractivity contribution in [3.05, 3.63) is 96.7 Å². The average molecular weight is 639 g/mol. The molecule has 1 unspecified atom stereocenters. The van der Waals surface area contributed by atoms with Gasteiger partial charge >= 0.3 is 18.1 Å². The minimum absolute atomic E-state index is 0.212. The Morgan fingerprint density at radius 3 is 2.07 bits per heavy atom. The van der Waals surface area contributed by atoms with E-state index in [1.165, 1.54) is 0 Å². The van der Waals surface area contributed by atoms with Gasteiger partial charge in [0.15, 0.2) is 0 Å². The molecule has 2 amide bonds. The molecule has 0 saturated carbocycles. The van der Waals surface area contributed by atoms with Gasteiger partial charge in [-0.25, -0.2) is 9.78 Å². The molecule has 0 saturated heterocycles. The van der Waals surface area contributed by atoms with Crippen LogP contribution in [0.5, 0.6) is 0 Å². The number of anilines is 1. The fourth-order valence-corrected chi connectivity index (χ4v) is 4.31. The van der Waals surface area contributed by atoms with Crippen molar-refractivity contribution in [2.75, 3.05) is 18.4 Å². The number of unbranched alkanes of at least 4 members (excludes halogenated alkanes) is 1. The van der Waals surface area contributed by atoms with Crippen LogP contribution in [0, 0.1) is 0 Å². The summed E-state index contributed by atoms with van der Waals surface area (Å²) in [6, 6.07) is 26.8. The monoisotopic (exact) mass is 638 g/mol. The van der Waals surface area contributed by atoms with Gasteiger partial charge in [-0.05, 0) is 58.5 Å². The van der Waals surface area contributed by atoms with E-state index in [4.69, 9.17) is 9.90 Å². The maximum atomic E-state index is 12.5. The fourth-order valence-electron chi connectivity index (χ4n) is 4.31. The lowest BCUT2D eigenvalue weighted by molar-refractivity contribution is -0.192. The third-order valence-electron chi connectivity index (χ3n) is 6.60. The number of aliphatic carboxylic acids is 2. The second-order valence-corrected chi connectivity index (χ2v) is 10.1. The number of aromatic nitrogens is 1. The molecule has 1 atom stereocenters. The van der Waals surface area contributed by atoms with Crippen LogP contribution in [0.25, 0.3) is 21.9 Å². The summed E-state index contributed by atoms with van der Waals surface area (Å²) in [7, 11) is 0. The lowest BCUT2D eigenvalue weighted by Gasteiger charge is -2.18. The van der Waals surface area contributed by atoms with Gasteiger partial charge in [-0.2, -0.15) is 13.2 Å². The van der Waals surface area contributed by atoms with E-state index in [1.807, 2.05) is 60.7 Å². The molecule has 0 aliphatic heterocycles. The molecule has 13 heteroatoms. The summed E-state index contributed by atoms with van der Waals surface area (Å²) in [5.41, 5.74) is 2.73. The van der Waals surface area contributed by atoms with Gasteiger partial charge in [-0.15, -0.1) is 0 Å². The molecular formula is C33H33F3N4O6. The number of fused-ring (bicyclic) bond motifs is 1. The normalized spacial score (nSPS) is 11.5. The van der Waals surface area contributed by atoms with Crippen molar-refractivity contribution in [1.29, 1.82) is 0 Å². The fraction of sp³-hybridized carbons (Fsp3) is 0.242. The number of nitrogens with zero attached hydrogens (tertiary/aromatic N) is 1. The number of alkyl halides is 3. The van der Waals surface area contributed by atoms with Gasteiger partial charge < -0.3 is 26.2 Å². The Kier molecular flexibility index (Phi) is 13.0. The maximum absolute atomic E-state index is 12.5. The van der Waals surface area contributed by atoms with Crippen molar-refractivity contribution >= 4 is 40.3 Å². The molecule has 0 fully saturated rings. The third-order valence-corrected chi connectivity index (χ3v) is 6.60. The highest BCUT2D eigenvalue weighted by Crippen LogP contribution is 2.26. The van der Waals surface area contributed by atoms with E-state index in [-0.39, 0.29) is 18.9 Å². The molecule has 5 N–H and O–H groups in total. The summed E-state index contributed by atoms with van der Waals surface area (Å²) >= 11 is 0. The van der Waals surface area contributed by atoms with Crippen LogP contribution in [-0.2, 0) is 19.2 Å². The third kappa shape index (κ3) is 11.9. The van der Waals surface area contributed by atoms with Gasteiger partial charge in [0.1, 0.15) is 5.82 Å². The van der Waals surface area contributed by atoms with E-state index >= 15 is 0 Å². The molecule has 0 aliphatic rings. The Hall–Kier alpha value is -5.46. The summed E-state index contributed by atoms with van der Waals surface area (Å²) in [5.74, 6) is -3.66. The topological polar surface area (TPSA) is 158 Å². The van der Waals surface area contributed by atoms with Gasteiger partial charge in [0.25, 0.3) is 0 Å². The molecule has 242 valence electrons. The number of amides is 2. The molecule has 0 bridgehead atoms. The largest absolute Gasteiger partial charge is 0.490 e. The number of rotatable bonds is 13. The van der Waals surface area contributed by atoms with Crippen molar-refractivity contribution in [1.82, 2.24) is 15.6 Å². The van der Waals surface area contributed by atoms with E-state index in [0.29, 0.717) is 24.9 Å². The number of carboxylic acids is 2. The number of nitrogens with one attached hydrogen (secondary N) is 3. The molecule has 0 spiro atoms. The summed E-state index contributed by atoms with van der Waals surface area (Å²) in [6.45, 7) is 0.484. The molecule has 4 aromatic rings. The number of carbonyl (C=O) groups excluding carboxylic acids is 2. The summed E-state index contributed by atoms with van der Waals surface area (Å²) < 4.78 is 31.7. The van der Waals surface area contributed by atoms with Crippen LogP contribution in [0.15, 0.2) is 91.1 Å². The molecule has 1 aromatic heterocycles. The molecule has 1 heterocycles. The molecule has 0 radical (unpaired) electrons. The van der Waals surface area contributed by atoms with E-state index in [2.05, 4.69) is 45.2 Å². The summed E-state index contributed by atoms with van der Waals surface area (Å²) in [6.07, 6.45) is -1.89. The Morgan fingerprint density at radius 1 is 0.783 bits per heavy atom. The van der Waals surface area contributed by atoms with Crippen LogP contribution in [0.1, 0.15) is 37.3 Å². The SMILES string of the molecule is O=C(O)C(F)(F)F.O=C(O)CC(NC(=O)CNC(=O)CCCCNc1ccccn1)c1ccc(-c2ccc3ccccc3c2)cc1. The first-order valence-corrected chi connectivity index (χ1v) is 14.2. The zero-order valence-electron chi connectivity index (χ0n) is 24.6. The predicted molar refractivity (Wildman–Crippen MR) is 166 cm³/mol. The molecule has 3 aromatic carbocycles. The standard InChI is InChI=1S/C31H32N4O4.C2HF3O2/c36-29(10-4-6-18-33-28-9-3-5-17-32-28)34-21-30(37)35-27(20-31(38)39)24-14-11-23(12-15-24)26-16-13-22-7-1-2-8-25(22)19-26;3-2(4,5)1(6)7/h1-3,5,7-9,11-17,19,27H,4,6,10,18,20-21H2,(H,32,33)(H,34,36)(H,35,37)(H,38,39);(H,6,7). The zero-order valence-corrected chi connectivity index (χ0v) is 24.6. The second-order valence-electron chi connectivity index (χ2n) is 10.1. The Balaban J connectivity index is 0.000000738. The van der Waals surface area contributed by atoms with Crippen molar-refractivity contribution in [3.8, 4) is 11.1 Å². The van der Waals surface area contributed by atoms with Gasteiger partial charge in [-0.1, -0.05) is 66.7 Å². The molecular weight excluding hydrogens is 605 g/mol. The van der Waals surface area contributed by atoms with Crippen molar-refractivity contribution in [2.24, 2.45) is 0 Å². The number of carboxylic acid groups (broad SMARTS) is 2. The number of pyridine rings is 1. The highest BCUT2D eigenvalue weighted by Gasteiger charge is 2.38. The van der Waals surface area contributed by atoms with Gasteiger partial charge in [-0.3, -0.25) is 14.4 Å². The second kappa shape index (κ2) is 17.1. The number of benzene rings is 3. The van der Waals surface area contributed by atoms with E-state index < -0.39 is 30.1 Å². The quantitative estimate of drug-likeness (QED) is 0.119. The van der Waals surface area contributed by atoms with Crippen LogP contribution in [0.3, 0.4) is 0 Å². The van der Waals surface area contributed by atoms with Crippen LogP contribution in [-0.4, -0.2) is 58.2 Å². The lowest BCUT2D eigenvalue weighted by Crippen LogP contribution is -2.39. The number of carbonyl (C=O) groups is 4. The molecule has 4 rings (SSSR count). The van der Waals surface area contributed by atoms with Crippen LogP contribution >= 0.6 is 0 Å². The Bertz CT molecular complexity index is 1620. The van der Waals surface area contributed by atoms with Gasteiger partial charge in [0.05, 0.1) is 19.0 Å². The smallest absolute Gasteiger partial charge is 0.481 e. The highest BCUT2D eigenvalue weighted by atomic mass is 19.4. The first kappa shape index (κ1) is 35.0. The van der Waals surface area contributed by atoms with E-state index in [0.717, 1.165) is 34.1 Å². The van der Waals surface area contributed by atoms with E-state index in [9.17, 15) is 32.7 Å². The average Bonchev–Trinajstić information content (AvgIpc) is 3.03. The van der Waals surface area contributed by atoms with Crippen molar-refractivity contribution in [2.45, 2.75) is 37.9 Å². The summed E-state index contributed by atoms with van der Waals surface area (Å²) in [4.78, 5) is 49.2. The Morgan fingerprint density at radius 2 is 1.43 bits per heavy atom. The number of hydrogen-bond donors (Lipinski definition) is 5. The lowest BCUT2D eigenvalue weighted by atomic mass is 9.97. The Labute approximate surface area is 262 Å². The number of halogens is 3. The number of hydrogen-bond acceptors (Lipinski definition) is 6. The zero-order chi connectivity index (χ0) is 33.5. The van der Waals surface area contributed by atoms with Crippen molar-refractivity contribution in [3.63, 3.8) is 0 Å². The molecule has 0 aliphatic carbocycles. The van der Waals surface area contributed by atoms with Gasteiger partial charge in [0.2, 0.25) is 11.8 Å². The van der Waals surface area contributed by atoms with Crippen LogP contribution < -0.4 is 16.0 Å². The first-order valence-electron chi connectivity index (χ1n) is 14.2. The van der Waals surface area contributed by atoms with Crippen LogP contribution in [0.4, 0.5) is 19.0 Å². The maximum Gasteiger partial charge on any atom is 0.490 e. The minimum atomic E-state index is -5.08. The van der Waals surface area contributed by atoms with Gasteiger partial charge in [0, 0.05) is 19.2 Å². The molecule has 10 nitrogen and oxygen atoms in total. The minimum Gasteiger partial charge on any atom is -0.481 e. The van der Waals surface area contributed by atoms with Crippen molar-refractivity contribution < 1.29 is 42.6 Å². The summed E-state index contributed by atoms with van der Waals surface area (Å²) in [5, 5.41) is 27.4. The van der Waals surface area contributed by atoms with Crippen LogP contribution in [0.2, 0.25) is 0 Å². The van der Waals surface area contributed by atoms with E-state index in [1.54, 1.807) is 6.20 Å².